The summed E-state index contributed by atoms with van der Waals surface area (Å²) in [4.78, 5) is 25.2. The van der Waals surface area contributed by atoms with E-state index in [1.807, 2.05) is 21.1 Å². The third-order valence-corrected chi connectivity index (χ3v) is 9.22. The van der Waals surface area contributed by atoms with E-state index in [4.69, 9.17) is 9.05 Å². The molecular formula is C37H73N2O7P. The van der Waals surface area contributed by atoms with Crippen molar-refractivity contribution >= 4 is 13.7 Å². The van der Waals surface area contributed by atoms with Gasteiger partial charge in [-0.25, -0.2) is 0 Å². The van der Waals surface area contributed by atoms with Crippen LogP contribution >= 0.6 is 7.82 Å². The molecule has 4 unspecified atom stereocenters. The second kappa shape index (κ2) is 29.8. The third-order valence-electron chi connectivity index (χ3n) is 8.25. The predicted octanol–water partition coefficient (Wildman–Crippen LogP) is 7.75. The lowest BCUT2D eigenvalue weighted by molar-refractivity contribution is -0.870. The Balaban J connectivity index is 4.71. The highest BCUT2D eigenvalue weighted by atomic mass is 31.2. The zero-order valence-electron chi connectivity index (χ0n) is 30.8. The molecule has 47 heavy (non-hydrogen) atoms. The van der Waals surface area contributed by atoms with E-state index in [1.165, 1.54) is 57.8 Å². The maximum absolute atomic E-state index is 12.8. The maximum atomic E-state index is 12.8. The fourth-order valence-electron chi connectivity index (χ4n) is 5.11. The van der Waals surface area contributed by atoms with Crippen molar-refractivity contribution in [3.63, 3.8) is 0 Å². The molecular weight excluding hydrogens is 615 g/mol. The number of rotatable bonds is 33. The van der Waals surface area contributed by atoms with Crippen LogP contribution in [-0.4, -0.2) is 79.8 Å². The quantitative estimate of drug-likeness (QED) is 0.0279. The van der Waals surface area contributed by atoms with Crippen LogP contribution in [0.15, 0.2) is 24.3 Å². The Morgan fingerprint density at radius 3 is 1.79 bits per heavy atom. The molecule has 0 spiro atoms. The molecule has 0 saturated carbocycles. The molecule has 10 heteroatoms. The van der Waals surface area contributed by atoms with Gasteiger partial charge in [-0.3, -0.25) is 9.36 Å². The van der Waals surface area contributed by atoms with Crippen LogP contribution in [0.3, 0.4) is 0 Å². The number of hydrogen-bond acceptors (Lipinski definition) is 7. The standard InChI is InChI=1S/C37H73N2O7P/c1-6-8-10-12-14-16-18-20-21-23-25-27-29-35(40)37(42)34(33-46-47(43,44)45-32-31-39(3,4)5)38-36(41)30-28-26-24-22-19-17-15-13-11-9-7-2/h13,15,21,23,34-35,37,40,42H,6-12,14,16-20,22,24-33H2,1-5H3,(H-,38,41,43,44)/b15-13-,23-21+. The number of aliphatic hydroxyl groups excluding tert-OH is 2. The molecule has 0 heterocycles. The molecule has 0 aromatic rings. The minimum atomic E-state index is -4.66. The van der Waals surface area contributed by atoms with Gasteiger partial charge in [-0.1, -0.05) is 109 Å². The summed E-state index contributed by atoms with van der Waals surface area (Å²) in [6.45, 7) is 4.32. The van der Waals surface area contributed by atoms with E-state index in [-0.39, 0.29) is 18.9 Å². The lowest BCUT2D eigenvalue weighted by Crippen LogP contribution is -2.51. The predicted molar refractivity (Wildman–Crippen MR) is 193 cm³/mol. The van der Waals surface area contributed by atoms with E-state index in [0.717, 1.165) is 51.4 Å². The minimum absolute atomic E-state index is 0.0475. The maximum Gasteiger partial charge on any atom is 0.268 e. The highest BCUT2D eigenvalue weighted by Crippen LogP contribution is 2.38. The number of allylic oxidation sites excluding steroid dienone is 4. The Bertz CT molecular complexity index is 847. The van der Waals surface area contributed by atoms with Crippen molar-refractivity contribution in [1.29, 1.82) is 0 Å². The Morgan fingerprint density at radius 1 is 0.745 bits per heavy atom. The third kappa shape index (κ3) is 30.7. The Labute approximate surface area is 288 Å². The molecule has 0 saturated heterocycles. The summed E-state index contributed by atoms with van der Waals surface area (Å²) in [5.41, 5.74) is 0. The number of carbonyl (C=O) groups excluding carboxylic acids is 1. The molecule has 0 radical (unpaired) electrons. The van der Waals surface area contributed by atoms with Crippen LogP contribution < -0.4 is 10.2 Å². The van der Waals surface area contributed by atoms with E-state index < -0.39 is 32.7 Å². The molecule has 278 valence electrons. The first-order valence-electron chi connectivity index (χ1n) is 18.8. The largest absolute Gasteiger partial charge is 0.756 e. The molecule has 0 aromatic carbocycles. The number of phosphoric ester groups is 1. The topological polar surface area (TPSA) is 128 Å². The van der Waals surface area contributed by atoms with Gasteiger partial charge in [0.05, 0.1) is 39.9 Å². The molecule has 0 aliphatic carbocycles. The summed E-state index contributed by atoms with van der Waals surface area (Å²) in [6, 6.07) is -1.09. The first-order valence-corrected chi connectivity index (χ1v) is 20.2. The van der Waals surface area contributed by atoms with Crippen LogP contribution in [0.2, 0.25) is 0 Å². The fraction of sp³-hybridized carbons (Fsp3) is 0.865. The second-order valence-electron chi connectivity index (χ2n) is 14.1. The average molecular weight is 689 g/mol. The van der Waals surface area contributed by atoms with Gasteiger partial charge in [0.25, 0.3) is 7.82 Å². The van der Waals surface area contributed by atoms with Gasteiger partial charge in [0.15, 0.2) is 0 Å². The summed E-state index contributed by atoms with van der Waals surface area (Å²) in [5.74, 6) is -0.302. The summed E-state index contributed by atoms with van der Waals surface area (Å²) < 4.78 is 23.0. The summed E-state index contributed by atoms with van der Waals surface area (Å²) in [7, 11) is 1.10. The number of quaternary nitrogens is 1. The number of nitrogens with zero attached hydrogens (tertiary/aromatic N) is 1. The van der Waals surface area contributed by atoms with E-state index in [0.29, 0.717) is 30.3 Å². The molecule has 0 rings (SSSR count). The number of unbranched alkanes of at least 4 members (excludes halogenated alkanes) is 15. The summed E-state index contributed by atoms with van der Waals surface area (Å²) in [6.07, 6.45) is 27.9. The molecule has 1 amide bonds. The molecule has 4 atom stereocenters. The number of hydrogen-bond donors (Lipinski definition) is 3. The minimum Gasteiger partial charge on any atom is -0.756 e. The zero-order chi connectivity index (χ0) is 35.2. The van der Waals surface area contributed by atoms with E-state index in [9.17, 15) is 24.5 Å². The van der Waals surface area contributed by atoms with Crippen molar-refractivity contribution in [1.82, 2.24) is 5.32 Å². The van der Waals surface area contributed by atoms with Crippen molar-refractivity contribution in [3.05, 3.63) is 24.3 Å². The van der Waals surface area contributed by atoms with E-state index >= 15 is 0 Å². The Kier molecular flexibility index (Phi) is 29.1. The van der Waals surface area contributed by atoms with Gasteiger partial charge in [0, 0.05) is 6.42 Å². The lowest BCUT2D eigenvalue weighted by Gasteiger charge is -2.31. The van der Waals surface area contributed by atoms with Crippen molar-refractivity contribution < 1.29 is 38.0 Å². The van der Waals surface area contributed by atoms with Gasteiger partial charge < -0.3 is 34.0 Å². The molecule has 9 nitrogen and oxygen atoms in total. The summed E-state index contributed by atoms with van der Waals surface area (Å²) >= 11 is 0. The molecule has 0 aromatic heterocycles. The van der Waals surface area contributed by atoms with Gasteiger partial charge in [-0.05, 0) is 57.8 Å². The Hall–Kier alpha value is -1.06. The van der Waals surface area contributed by atoms with Crippen LogP contribution in [0, 0.1) is 0 Å². The Morgan fingerprint density at radius 2 is 1.23 bits per heavy atom. The van der Waals surface area contributed by atoms with Crippen LogP contribution in [0.25, 0.3) is 0 Å². The molecule has 3 N–H and O–H groups in total. The van der Waals surface area contributed by atoms with Crippen LogP contribution in [0.5, 0.6) is 0 Å². The van der Waals surface area contributed by atoms with Gasteiger partial charge in [-0.15, -0.1) is 0 Å². The number of amides is 1. The SMILES string of the molecule is CCCC/C=C\CCCCCCCC(=O)NC(COP(=O)([O-])OCC[N+](C)(C)C)C(O)C(O)CCC/C=C/CCCCCCCCC. The van der Waals surface area contributed by atoms with Crippen LogP contribution in [-0.2, 0) is 18.4 Å². The molecule has 0 bridgehead atoms. The fourth-order valence-corrected chi connectivity index (χ4v) is 5.84. The van der Waals surface area contributed by atoms with Crippen LogP contribution in [0.1, 0.15) is 149 Å². The number of likely N-dealkylation sites (N-methyl/N-ethyl adjacent to an activating group) is 1. The zero-order valence-corrected chi connectivity index (χ0v) is 31.7. The number of aliphatic hydroxyl groups is 2. The molecule has 0 fully saturated rings. The highest BCUT2D eigenvalue weighted by molar-refractivity contribution is 7.45. The number of nitrogens with one attached hydrogen (secondary N) is 1. The second-order valence-corrected chi connectivity index (χ2v) is 15.5. The monoisotopic (exact) mass is 689 g/mol. The number of phosphoric acid groups is 1. The van der Waals surface area contributed by atoms with Gasteiger partial charge in [0.1, 0.15) is 19.3 Å². The molecule has 0 aliphatic rings. The van der Waals surface area contributed by atoms with Crippen molar-refractivity contribution in [2.45, 2.75) is 167 Å². The average Bonchev–Trinajstić information content (AvgIpc) is 3.01. The van der Waals surface area contributed by atoms with Crippen molar-refractivity contribution in [2.24, 2.45) is 0 Å². The first-order chi connectivity index (χ1) is 22.4. The van der Waals surface area contributed by atoms with Crippen LogP contribution in [0.4, 0.5) is 0 Å². The first kappa shape index (κ1) is 45.9. The number of carbonyl (C=O) groups is 1. The normalized spacial score (nSPS) is 15.7. The van der Waals surface area contributed by atoms with Gasteiger partial charge >= 0.3 is 0 Å². The smallest absolute Gasteiger partial charge is 0.268 e. The van der Waals surface area contributed by atoms with Crippen molar-refractivity contribution in [2.75, 3.05) is 40.9 Å². The van der Waals surface area contributed by atoms with E-state index in [2.05, 4.69) is 43.5 Å². The van der Waals surface area contributed by atoms with Crippen molar-refractivity contribution in [3.8, 4) is 0 Å². The highest BCUT2D eigenvalue weighted by Gasteiger charge is 2.29. The lowest BCUT2D eigenvalue weighted by atomic mass is 10.0. The van der Waals surface area contributed by atoms with Gasteiger partial charge in [0.2, 0.25) is 5.91 Å². The molecule has 0 aliphatic heterocycles. The van der Waals surface area contributed by atoms with E-state index in [1.54, 1.807) is 0 Å². The van der Waals surface area contributed by atoms with Gasteiger partial charge in [-0.2, -0.15) is 0 Å². The summed E-state index contributed by atoms with van der Waals surface area (Å²) in [5, 5.41) is 24.4.